The van der Waals surface area contributed by atoms with E-state index in [1.54, 1.807) is 6.26 Å². The molecule has 0 saturated carbocycles. The van der Waals surface area contributed by atoms with Crippen LogP contribution in [0.5, 0.6) is 0 Å². The summed E-state index contributed by atoms with van der Waals surface area (Å²) in [6.45, 7) is 0.902. The van der Waals surface area contributed by atoms with Crippen molar-refractivity contribution in [1.29, 1.82) is 0 Å². The van der Waals surface area contributed by atoms with Crippen LogP contribution in [-0.4, -0.2) is 37.7 Å². The fraction of sp³-hybridized carbons (Fsp3) is 0.333. The molecule has 2 aromatic carbocycles. The predicted molar refractivity (Wildman–Crippen MR) is 100 cm³/mol. The topological polar surface area (TPSA) is 77.8 Å². The number of carbonyl (C=O) groups excluding carboxylic acids is 2. The zero-order valence-electron chi connectivity index (χ0n) is 14.9. The highest BCUT2D eigenvalue weighted by atomic mass is 16.5. The zero-order chi connectivity index (χ0) is 18.6. The highest BCUT2D eigenvalue weighted by Crippen LogP contribution is 2.30. The second-order valence-electron chi connectivity index (χ2n) is 6.70. The molecular weight excluding hydrogens is 346 g/mol. The van der Waals surface area contributed by atoms with Crippen LogP contribution in [-0.2, 0) is 25.5 Å². The third kappa shape index (κ3) is 3.95. The van der Waals surface area contributed by atoms with Crippen LogP contribution in [0.3, 0.4) is 0 Å². The van der Waals surface area contributed by atoms with E-state index in [1.807, 2.05) is 36.4 Å². The first-order chi connectivity index (χ1) is 13.2. The lowest BCUT2D eigenvalue weighted by Crippen LogP contribution is -2.35. The largest absolute Gasteiger partial charge is 0.464 e. The highest BCUT2D eigenvalue weighted by molar-refractivity contribution is 6.08. The quantitative estimate of drug-likeness (QED) is 0.678. The molecule has 1 aliphatic heterocycles. The van der Waals surface area contributed by atoms with E-state index in [2.05, 4.69) is 5.32 Å². The summed E-state index contributed by atoms with van der Waals surface area (Å²) in [6.07, 6.45) is 3.66. The molecule has 3 aromatic rings. The van der Waals surface area contributed by atoms with Crippen molar-refractivity contribution in [3.63, 3.8) is 0 Å². The number of fused-ring (bicyclic) bond motifs is 3. The number of furan rings is 1. The van der Waals surface area contributed by atoms with Gasteiger partial charge in [-0.15, -0.1) is 0 Å². The van der Waals surface area contributed by atoms with E-state index in [0.717, 1.165) is 46.8 Å². The van der Waals surface area contributed by atoms with Gasteiger partial charge in [0, 0.05) is 24.1 Å². The van der Waals surface area contributed by atoms with E-state index < -0.39 is 5.97 Å². The van der Waals surface area contributed by atoms with E-state index in [4.69, 9.17) is 13.9 Å². The van der Waals surface area contributed by atoms with Crippen LogP contribution in [0.2, 0.25) is 0 Å². The van der Waals surface area contributed by atoms with E-state index >= 15 is 0 Å². The fourth-order valence-electron chi connectivity index (χ4n) is 3.44. The summed E-state index contributed by atoms with van der Waals surface area (Å²) in [5, 5.41) is 5.75. The van der Waals surface area contributed by atoms with E-state index in [0.29, 0.717) is 6.54 Å². The number of hydrogen-bond donors (Lipinski definition) is 1. The van der Waals surface area contributed by atoms with Gasteiger partial charge in [0.2, 0.25) is 0 Å². The molecule has 0 spiro atoms. The van der Waals surface area contributed by atoms with Gasteiger partial charge in [-0.3, -0.25) is 9.59 Å². The maximum atomic E-state index is 12.2. The third-order valence-electron chi connectivity index (χ3n) is 4.79. The number of amides is 1. The Kier molecular flexibility index (Phi) is 5.07. The maximum Gasteiger partial charge on any atom is 0.310 e. The molecule has 4 rings (SSSR count). The number of benzene rings is 2. The Morgan fingerprint density at radius 2 is 2.07 bits per heavy atom. The summed E-state index contributed by atoms with van der Waals surface area (Å²) < 4.78 is 16.1. The Morgan fingerprint density at radius 1 is 1.19 bits per heavy atom. The summed E-state index contributed by atoms with van der Waals surface area (Å²) in [5.41, 5.74) is 1.48. The molecule has 6 nitrogen and oxygen atoms in total. The molecule has 1 saturated heterocycles. The van der Waals surface area contributed by atoms with Crippen molar-refractivity contribution in [2.45, 2.75) is 25.4 Å². The molecule has 27 heavy (non-hydrogen) atoms. The molecular formula is C21H21NO5. The minimum absolute atomic E-state index is 0.0556. The average Bonchev–Trinajstić information content (AvgIpc) is 3.35. The first kappa shape index (κ1) is 17.5. The van der Waals surface area contributed by atoms with Crippen molar-refractivity contribution < 1.29 is 23.5 Å². The van der Waals surface area contributed by atoms with Crippen molar-refractivity contribution in [3.05, 3.63) is 48.2 Å². The van der Waals surface area contributed by atoms with Gasteiger partial charge in [-0.05, 0) is 29.7 Å². The minimum atomic E-state index is -0.460. The molecule has 1 amide bonds. The van der Waals surface area contributed by atoms with Gasteiger partial charge in [0.15, 0.2) is 6.61 Å². The van der Waals surface area contributed by atoms with E-state index in [-0.39, 0.29) is 25.0 Å². The molecule has 1 fully saturated rings. The molecule has 6 heteroatoms. The Bertz CT molecular complexity index is 971. The van der Waals surface area contributed by atoms with Gasteiger partial charge in [-0.25, -0.2) is 0 Å². The first-order valence-corrected chi connectivity index (χ1v) is 9.12. The van der Waals surface area contributed by atoms with Crippen molar-refractivity contribution >= 4 is 33.6 Å². The van der Waals surface area contributed by atoms with Gasteiger partial charge in [0.25, 0.3) is 5.91 Å². The lowest BCUT2D eigenvalue weighted by molar-refractivity contribution is -0.148. The van der Waals surface area contributed by atoms with Crippen molar-refractivity contribution in [3.8, 4) is 0 Å². The molecule has 0 radical (unpaired) electrons. The van der Waals surface area contributed by atoms with Crippen LogP contribution in [0.1, 0.15) is 18.4 Å². The fourth-order valence-corrected chi connectivity index (χ4v) is 3.44. The Morgan fingerprint density at radius 3 is 2.93 bits per heavy atom. The Labute approximate surface area is 156 Å². The summed E-state index contributed by atoms with van der Waals surface area (Å²) in [7, 11) is 0. The number of esters is 1. The second-order valence-corrected chi connectivity index (χ2v) is 6.70. The lowest BCUT2D eigenvalue weighted by Gasteiger charge is -2.10. The van der Waals surface area contributed by atoms with Crippen LogP contribution in [0.15, 0.2) is 47.1 Å². The summed E-state index contributed by atoms with van der Waals surface area (Å²) in [6, 6.07) is 11.8. The first-order valence-electron chi connectivity index (χ1n) is 9.12. The molecule has 1 aliphatic rings. The van der Waals surface area contributed by atoms with Crippen LogP contribution in [0.4, 0.5) is 0 Å². The van der Waals surface area contributed by atoms with E-state index in [9.17, 15) is 9.59 Å². The molecule has 0 aliphatic carbocycles. The molecule has 1 aromatic heterocycles. The third-order valence-corrected chi connectivity index (χ3v) is 4.79. The van der Waals surface area contributed by atoms with Gasteiger partial charge < -0.3 is 19.2 Å². The number of rotatable bonds is 6. The van der Waals surface area contributed by atoms with E-state index in [1.165, 1.54) is 0 Å². The summed E-state index contributed by atoms with van der Waals surface area (Å²) in [5.74, 6) is -0.778. The van der Waals surface area contributed by atoms with Gasteiger partial charge in [-0.2, -0.15) is 0 Å². The predicted octanol–water partition coefficient (Wildman–Crippen LogP) is 2.97. The smallest absolute Gasteiger partial charge is 0.310 e. The average molecular weight is 367 g/mol. The maximum absolute atomic E-state index is 12.2. The standard InChI is InChI=1S/C21H21NO5/c23-19(22-11-16-5-3-9-25-16)13-27-20(24)10-15-12-26-18-8-7-14-4-1-2-6-17(14)21(15)18/h1-2,4,6-8,12,16H,3,5,9-11,13H2,(H,22,23)/t16-/m0/s1. The van der Waals surface area contributed by atoms with Crippen LogP contribution >= 0.6 is 0 Å². The molecule has 0 bridgehead atoms. The SMILES string of the molecule is O=C(COC(=O)Cc1coc2ccc3ccccc3c12)NC[C@@H]1CCCO1. The van der Waals surface area contributed by atoms with Gasteiger partial charge in [0.1, 0.15) is 5.58 Å². The van der Waals surface area contributed by atoms with Crippen molar-refractivity contribution in [1.82, 2.24) is 5.32 Å². The Balaban J connectivity index is 1.36. The van der Waals surface area contributed by atoms with Gasteiger partial charge in [0.05, 0.1) is 18.8 Å². The number of hydrogen-bond acceptors (Lipinski definition) is 5. The number of nitrogens with one attached hydrogen (secondary N) is 1. The summed E-state index contributed by atoms with van der Waals surface area (Å²) >= 11 is 0. The molecule has 0 unspecified atom stereocenters. The van der Waals surface area contributed by atoms with Gasteiger partial charge in [-0.1, -0.05) is 30.3 Å². The van der Waals surface area contributed by atoms with Crippen LogP contribution in [0, 0.1) is 0 Å². The van der Waals surface area contributed by atoms with Gasteiger partial charge >= 0.3 is 5.97 Å². The number of ether oxygens (including phenoxy) is 2. The molecule has 2 heterocycles. The zero-order valence-corrected chi connectivity index (χ0v) is 14.9. The van der Waals surface area contributed by atoms with Crippen LogP contribution in [0.25, 0.3) is 21.7 Å². The highest BCUT2D eigenvalue weighted by Gasteiger charge is 2.18. The molecule has 140 valence electrons. The normalized spacial score (nSPS) is 16.7. The summed E-state index contributed by atoms with van der Waals surface area (Å²) in [4.78, 5) is 24.0. The van der Waals surface area contributed by atoms with Crippen molar-refractivity contribution in [2.75, 3.05) is 19.8 Å². The van der Waals surface area contributed by atoms with Crippen molar-refractivity contribution in [2.24, 2.45) is 0 Å². The monoisotopic (exact) mass is 367 g/mol. The van der Waals surface area contributed by atoms with Crippen LogP contribution < -0.4 is 5.32 Å². The second kappa shape index (κ2) is 7.80. The lowest BCUT2D eigenvalue weighted by atomic mass is 10.0. The molecule has 1 N–H and O–H groups in total. The number of carbonyl (C=O) groups is 2. The molecule has 1 atom stereocenters. The minimum Gasteiger partial charge on any atom is -0.464 e. The Hall–Kier alpha value is -2.86.